The smallest absolute Gasteiger partial charge is 0.235 e. The molecule has 0 spiro atoms. The molecule has 0 saturated carbocycles. The van der Waals surface area contributed by atoms with Gasteiger partial charge in [-0.05, 0) is 38.0 Å². The molecule has 3 heterocycles. The first-order valence-corrected chi connectivity index (χ1v) is 8.19. The van der Waals surface area contributed by atoms with Crippen LogP contribution in [0.3, 0.4) is 0 Å². The van der Waals surface area contributed by atoms with Crippen LogP contribution in [0.15, 0.2) is 35.3 Å². The van der Waals surface area contributed by atoms with Crippen molar-refractivity contribution in [2.75, 3.05) is 18.4 Å². The number of benzene rings is 1. The number of nitrogens with zero attached hydrogens (tertiary/aromatic N) is 3. The van der Waals surface area contributed by atoms with Crippen LogP contribution in [0.1, 0.15) is 36.2 Å². The molecule has 2 aliphatic heterocycles. The van der Waals surface area contributed by atoms with Crippen molar-refractivity contribution in [1.82, 2.24) is 15.1 Å². The Labute approximate surface area is 135 Å². The molecule has 1 aromatic carbocycles. The fourth-order valence-corrected chi connectivity index (χ4v) is 3.51. The summed E-state index contributed by atoms with van der Waals surface area (Å²) in [5.74, 6) is -0.158. The van der Waals surface area contributed by atoms with Gasteiger partial charge in [-0.1, -0.05) is 18.6 Å². The highest BCUT2D eigenvalue weighted by atomic mass is 15.5. The van der Waals surface area contributed by atoms with E-state index in [4.69, 9.17) is 10.7 Å². The summed E-state index contributed by atoms with van der Waals surface area (Å²) in [4.78, 5) is 7.25. The summed E-state index contributed by atoms with van der Waals surface area (Å²) in [7, 11) is 0. The first-order chi connectivity index (χ1) is 11.2. The van der Waals surface area contributed by atoms with Crippen LogP contribution in [0.4, 0.5) is 5.69 Å². The van der Waals surface area contributed by atoms with Crippen molar-refractivity contribution in [3.63, 3.8) is 0 Å². The van der Waals surface area contributed by atoms with E-state index in [-0.39, 0.29) is 0 Å². The largest absolute Gasteiger partial charge is 0.383 e. The minimum absolute atomic E-state index is 0.561. The number of piperidine rings is 1. The number of hydrogen-bond donors (Lipinski definition) is 3. The van der Waals surface area contributed by atoms with Gasteiger partial charge in [0.05, 0.1) is 0 Å². The molecule has 1 atom stereocenters. The van der Waals surface area contributed by atoms with Gasteiger partial charge in [-0.3, -0.25) is 10.00 Å². The molecule has 6 heteroatoms. The molecular weight excluding hydrogens is 288 g/mol. The number of para-hydroxylation sites is 1. The number of aromatic nitrogens is 2. The number of aromatic amines is 1. The summed E-state index contributed by atoms with van der Waals surface area (Å²) >= 11 is 0. The molecule has 1 fully saturated rings. The van der Waals surface area contributed by atoms with E-state index in [1.807, 2.05) is 31.2 Å². The number of nitrogens with two attached hydrogens (primary N) is 1. The molecule has 0 radical (unpaired) electrons. The quantitative estimate of drug-likeness (QED) is 0.794. The first-order valence-electron chi connectivity index (χ1n) is 8.19. The molecule has 4 rings (SSSR count). The number of aryl methyl sites for hydroxylation is 1. The third kappa shape index (κ3) is 2.30. The Morgan fingerprint density at radius 2 is 1.96 bits per heavy atom. The summed E-state index contributed by atoms with van der Waals surface area (Å²) in [6, 6.07) is 10.1. The molecule has 0 aliphatic carbocycles. The third-order valence-electron chi connectivity index (χ3n) is 4.67. The predicted octanol–water partition coefficient (Wildman–Crippen LogP) is 2.15. The number of likely N-dealkylation sites (tertiary alicyclic amines) is 1. The second-order valence-corrected chi connectivity index (χ2v) is 6.32. The van der Waals surface area contributed by atoms with E-state index >= 15 is 0 Å². The van der Waals surface area contributed by atoms with Gasteiger partial charge in [0.1, 0.15) is 11.5 Å². The molecule has 120 valence electrons. The third-order valence-corrected chi connectivity index (χ3v) is 4.67. The second-order valence-electron chi connectivity index (χ2n) is 6.32. The lowest BCUT2D eigenvalue weighted by atomic mass is 10.0. The number of nitrogens with one attached hydrogen (secondary N) is 2. The minimum Gasteiger partial charge on any atom is -0.383 e. The van der Waals surface area contributed by atoms with Crippen molar-refractivity contribution in [2.45, 2.75) is 32.0 Å². The zero-order chi connectivity index (χ0) is 15.9. The second kappa shape index (κ2) is 5.38. The zero-order valence-electron chi connectivity index (χ0n) is 13.3. The SMILES string of the molecule is Cc1cc(C2(N3CCCCC3)N=C(N)c3ccccc3N2)n[nH]1. The molecule has 4 N–H and O–H groups in total. The number of anilines is 1. The molecule has 2 aromatic rings. The van der Waals surface area contributed by atoms with Gasteiger partial charge in [-0.2, -0.15) is 5.10 Å². The monoisotopic (exact) mass is 310 g/mol. The summed E-state index contributed by atoms with van der Waals surface area (Å²) in [5.41, 5.74) is 10.2. The van der Waals surface area contributed by atoms with Crippen LogP contribution in [-0.4, -0.2) is 34.0 Å². The number of rotatable bonds is 2. The van der Waals surface area contributed by atoms with Crippen LogP contribution in [0, 0.1) is 6.92 Å². The molecule has 0 bridgehead atoms. The molecule has 2 aliphatic rings. The van der Waals surface area contributed by atoms with Gasteiger partial charge in [0.2, 0.25) is 5.79 Å². The maximum absolute atomic E-state index is 6.32. The first kappa shape index (κ1) is 14.3. The Bertz CT molecular complexity index is 743. The summed E-state index contributed by atoms with van der Waals surface area (Å²) < 4.78 is 0. The summed E-state index contributed by atoms with van der Waals surface area (Å²) in [5, 5.41) is 11.2. The van der Waals surface area contributed by atoms with Crippen LogP contribution in [-0.2, 0) is 5.79 Å². The van der Waals surface area contributed by atoms with Crippen molar-refractivity contribution >= 4 is 11.5 Å². The topological polar surface area (TPSA) is 82.3 Å². The lowest BCUT2D eigenvalue weighted by Crippen LogP contribution is -2.55. The van der Waals surface area contributed by atoms with Crippen LogP contribution in [0.5, 0.6) is 0 Å². The van der Waals surface area contributed by atoms with Gasteiger partial charge < -0.3 is 11.1 Å². The maximum atomic E-state index is 6.32. The molecule has 6 nitrogen and oxygen atoms in total. The van der Waals surface area contributed by atoms with E-state index in [1.54, 1.807) is 0 Å². The van der Waals surface area contributed by atoms with Crippen LogP contribution in [0.25, 0.3) is 0 Å². The Hall–Kier alpha value is -2.34. The van der Waals surface area contributed by atoms with Gasteiger partial charge >= 0.3 is 0 Å². The van der Waals surface area contributed by atoms with Crippen molar-refractivity contribution in [1.29, 1.82) is 0 Å². The Morgan fingerprint density at radius 1 is 1.17 bits per heavy atom. The lowest BCUT2D eigenvalue weighted by molar-refractivity contribution is 0.0892. The normalized spacial score (nSPS) is 24.7. The lowest BCUT2D eigenvalue weighted by Gasteiger charge is -2.44. The van der Waals surface area contributed by atoms with Crippen molar-refractivity contribution in [2.24, 2.45) is 10.7 Å². The number of amidine groups is 1. The van der Waals surface area contributed by atoms with Crippen molar-refractivity contribution < 1.29 is 0 Å². The number of hydrogen-bond acceptors (Lipinski definition) is 5. The summed E-state index contributed by atoms with van der Waals surface area (Å²) in [6.45, 7) is 3.97. The number of aliphatic imine (C=N–C) groups is 1. The van der Waals surface area contributed by atoms with Crippen molar-refractivity contribution in [3.05, 3.63) is 47.3 Å². The van der Waals surface area contributed by atoms with E-state index in [9.17, 15) is 0 Å². The summed E-state index contributed by atoms with van der Waals surface area (Å²) in [6.07, 6.45) is 3.61. The Kier molecular flexibility index (Phi) is 3.34. The van der Waals surface area contributed by atoms with Crippen LogP contribution >= 0.6 is 0 Å². The van der Waals surface area contributed by atoms with Crippen molar-refractivity contribution in [3.8, 4) is 0 Å². The van der Waals surface area contributed by atoms with Gasteiger partial charge in [-0.25, -0.2) is 4.99 Å². The zero-order valence-corrected chi connectivity index (χ0v) is 13.3. The average Bonchev–Trinajstić information content (AvgIpc) is 3.02. The average molecular weight is 310 g/mol. The molecule has 1 saturated heterocycles. The van der Waals surface area contributed by atoms with Gasteiger partial charge in [0, 0.05) is 30.0 Å². The fourth-order valence-electron chi connectivity index (χ4n) is 3.51. The fraction of sp³-hybridized carbons (Fsp3) is 0.412. The van der Waals surface area contributed by atoms with Gasteiger partial charge in [-0.15, -0.1) is 0 Å². The van der Waals surface area contributed by atoms with Gasteiger partial charge in [0.15, 0.2) is 0 Å². The Morgan fingerprint density at radius 3 is 2.70 bits per heavy atom. The molecule has 0 amide bonds. The Balaban J connectivity index is 1.86. The molecule has 1 aromatic heterocycles. The highest BCUT2D eigenvalue weighted by Crippen LogP contribution is 2.37. The number of H-pyrrole nitrogens is 1. The van der Waals surface area contributed by atoms with E-state index in [0.717, 1.165) is 35.7 Å². The highest BCUT2D eigenvalue weighted by molar-refractivity contribution is 6.04. The van der Waals surface area contributed by atoms with E-state index in [0.29, 0.717) is 5.84 Å². The molecular formula is C17H22N6. The van der Waals surface area contributed by atoms with Crippen LogP contribution in [0.2, 0.25) is 0 Å². The van der Waals surface area contributed by atoms with E-state index < -0.39 is 5.79 Å². The molecule has 1 unspecified atom stereocenters. The number of fused-ring (bicyclic) bond motifs is 1. The van der Waals surface area contributed by atoms with Crippen LogP contribution < -0.4 is 11.1 Å². The van der Waals surface area contributed by atoms with E-state index in [2.05, 4.69) is 26.5 Å². The van der Waals surface area contributed by atoms with E-state index in [1.165, 1.54) is 19.3 Å². The highest BCUT2D eigenvalue weighted by Gasteiger charge is 2.44. The molecule has 23 heavy (non-hydrogen) atoms. The standard InChI is InChI=1S/C17H22N6/c1-12-11-15(22-21-12)17(23-9-5-2-6-10-23)19-14-8-4-3-7-13(14)16(18)20-17/h3-4,7-8,11,19H,2,5-6,9-10H2,1H3,(H2,18,20)(H,21,22). The maximum Gasteiger partial charge on any atom is 0.235 e. The van der Waals surface area contributed by atoms with Gasteiger partial charge in [0.25, 0.3) is 0 Å². The predicted molar refractivity (Wildman–Crippen MR) is 91.2 cm³/mol. The minimum atomic E-state index is -0.719.